The summed E-state index contributed by atoms with van der Waals surface area (Å²) < 4.78 is 0. The largest absolute Gasteiger partial charge is 0.358 e. The van der Waals surface area contributed by atoms with Crippen molar-refractivity contribution in [2.75, 3.05) is 11.9 Å². The van der Waals surface area contributed by atoms with Crippen molar-refractivity contribution < 1.29 is 0 Å². The van der Waals surface area contributed by atoms with Crippen LogP contribution in [0.2, 0.25) is 0 Å². The molecule has 2 nitrogen and oxygen atoms in total. The van der Waals surface area contributed by atoms with Crippen molar-refractivity contribution in [3.63, 3.8) is 0 Å². The van der Waals surface area contributed by atoms with Crippen LogP contribution in [-0.4, -0.2) is 6.54 Å². The van der Waals surface area contributed by atoms with Gasteiger partial charge in [0, 0.05) is 17.9 Å². The number of hydrogen-bond donors (Lipinski definition) is 2. The van der Waals surface area contributed by atoms with Crippen LogP contribution in [0.25, 0.3) is 0 Å². The van der Waals surface area contributed by atoms with Crippen molar-refractivity contribution in [2.45, 2.75) is 33.1 Å². The van der Waals surface area contributed by atoms with Gasteiger partial charge in [-0.25, -0.2) is 0 Å². The second-order valence-corrected chi connectivity index (χ2v) is 4.62. The lowest BCUT2D eigenvalue weighted by Gasteiger charge is -2.10. The number of rotatable bonds is 7. The van der Waals surface area contributed by atoms with Crippen molar-refractivity contribution in [3.8, 4) is 0 Å². The first-order chi connectivity index (χ1) is 9.19. The second kappa shape index (κ2) is 8.36. The van der Waals surface area contributed by atoms with Crippen LogP contribution in [0.15, 0.2) is 53.9 Å². The Hall–Kier alpha value is -1.76. The van der Waals surface area contributed by atoms with Gasteiger partial charge in [0.1, 0.15) is 0 Å². The monoisotopic (exact) mass is 256 g/mol. The Bertz CT molecular complexity index is 463. The van der Waals surface area contributed by atoms with Crippen LogP contribution < -0.4 is 11.1 Å². The first kappa shape index (κ1) is 15.3. The van der Waals surface area contributed by atoms with Gasteiger partial charge in [0.05, 0.1) is 0 Å². The van der Waals surface area contributed by atoms with Gasteiger partial charge in [-0.3, -0.25) is 0 Å². The molecule has 0 amide bonds. The smallest absolute Gasteiger partial charge is 0.0382 e. The maximum atomic E-state index is 5.69. The molecular weight excluding hydrogens is 232 g/mol. The molecule has 0 radical (unpaired) electrons. The Morgan fingerprint density at radius 1 is 1.37 bits per heavy atom. The molecule has 2 heteroatoms. The zero-order valence-corrected chi connectivity index (χ0v) is 12.0. The fraction of sp³-hybridized carbons (Fsp3) is 0.353. The van der Waals surface area contributed by atoms with E-state index in [9.17, 15) is 0 Å². The first-order valence-electron chi connectivity index (χ1n) is 6.80. The molecule has 19 heavy (non-hydrogen) atoms. The quantitative estimate of drug-likeness (QED) is 0.723. The Kier molecular flexibility index (Phi) is 6.73. The summed E-state index contributed by atoms with van der Waals surface area (Å²) in [4.78, 5) is 0. The van der Waals surface area contributed by atoms with E-state index in [1.807, 2.05) is 0 Å². The zero-order valence-electron chi connectivity index (χ0n) is 12.0. The third-order valence-electron chi connectivity index (χ3n) is 3.02. The molecule has 1 rings (SSSR count). The van der Waals surface area contributed by atoms with Gasteiger partial charge in [0.15, 0.2) is 0 Å². The minimum Gasteiger partial charge on any atom is -0.358 e. The molecule has 3 N–H and O–H groups in total. The van der Waals surface area contributed by atoms with E-state index in [1.165, 1.54) is 11.1 Å². The highest BCUT2D eigenvalue weighted by Crippen LogP contribution is 2.14. The topological polar surface area (TPSA) is 38.0 Å². The highest BCUT2D eigenvalue weighted by Gasteiger charge is 1.98. The van der Waals surface area contributed by atoms with Crippen molar-refractivity contribution in [1.82, 2.24) is 0 Å². The van der Waals surface area contributed by atoms with Gasteiger partial charge >= 0.3 is 0 Å². The minimum atomic E-state index is 0.541. The van der Waals surface area contributed by atoms with E-state index < -0.39 is 0 Å². The summed E-state index contributed by atoms with van der Waals surface area (Å²) >= 11 is 0. The molecule has 1 aromatic rings. The second-order valence-electron chi connectivity index (χ2n) is 4.62. The third kappa shape index (κ3) is 5.60. The Balaban J connectivity index is 2.61. The fourth-order valence-electron chi connectivity index (χ4n) is 1.79. The maximum Gasteiger partial charge on any atom is 0.0382 e. The molecule has 102 valence electrons. The van der Waals surface area contributed by atoms with Crippen LogP contribution >= 0.6 is 0 Å². The van der Waals surface area contributed by atoms with E-state index in [0.717, 1.165) is 30.6 Å². The molecule has 0 fully saturated rings. The number of nitrogens with two attached hydrogens (primary N) is 1. The molecule has 0 aliphatic heterocycles. The van der Waals surface area contributed by atoms with Crippen LogP contribution in [0.1, 0.15) is 32.3 Å². The molecule has 0 saturated heterocycles. The molecule has 0 bridgehead atoms. The number of benzene rings is 1. The summed E-state index contributed by atoms with van der Waals surface area (Å²) in [7, 11) is 0. The predicted octanol–water partition coefficient (Wildman–Crippen LogP) is 4.01. The van der Waals surface area contributed by atoms with E-state index in [2.05, 4.69) is 61.8 Å². The maximum absolute atomic E-state index is 5.69. The highest BCUT2D eigenvalue weighted by atomic mass is 14.9. The van der Waals surface area contributed by atoms with Crippen LogP contribution in [0.3, 0.4) is 0 Å². The summed E-state index contributed by atoms with van der Waals surface area (Å²) in [5.74, 6) is 0. The van der Waals surface area contributed by atoms with Crippen molar-refractivity contribution in [2.24, 2.45) is 5.73 Å². The molecule has 0 spiro atoms. The number of aryl methyl sites for hydroxylation is 1. The van der Waals surface area contributed by atoms with Gasteiger partial charge in [-0.15, -0.1) is 5.73 Å². The third-order valence-corrected chi connectivity index (χ3v) is 3.02. The standard InChI is InChI=1S/C17H24N2/c1-4-6-17(13-18)19-16-11-9-15(10-12-16)8-7-14(3)5-2/h6,9-12,19H,2,4,7-8,13,18H2,1,3H3/b17-6+. The van der Waals surface area contributed by atoms with E-state index in [4.69, 9.17) is 5.73 Å². The van der Waals surface area contributed by atoms with E-state index in [1.54, 1.807) is 0 Å². The summed E-state index contributed by atoms with van der Waals surface area (Å²) in [6.07, 6.45) is 5.15. The van der Waals surface area contributed by atoms with E-state index in [-0.39, 0.29) is 0 Å². The first-order valence-corrected chi connectivity index (χ1v) is 6.80. The normalized spacial score (nSPS) is 11.0. The lowest BCUT2D eigenvalue weighted by Crippen LogP contribution is -2.11. The van der Waals surface area contributed by atoms with Crippen LogP contribution in [0.4, 0.5) is 5.69 Å². The lowest BCUT2D eigenvalue weighted by molar-refractivity contribution is 0.944. The van der Waals surface area contributed by atoms with E-state index in [0.29, 0.717) is 6.54 Å². The van der Waals surface area contributed by atoms with Gasteiger partial charge < -0.3 is 11.1 Å². The molecule has 0 aliphatic carbocycles. The van der Waals surface area contributed by atoms with Crippen molar-refractivity contribution in [3.05, 3.63) is 59.5 Å². The van der Waals surface area contributed by atoms with Gasteiger partial charge in [-0.2, -0.15) is 0 Å². The molecular formula is C17H24N2. The van der Waals surface area contributed by atoms with Gasteiger partial charge in [0.25, 0.3) is 0 Å². The average Bonchev–Trinajstić information content (AvgIpc) is 2.45. The zero-order chi connectivity index (χ0) is 14.1. The Morgan fingerprint density at radius 2 is 2.05 bits per heavy atom. The SMILES string of the molecule is C=C=C(C)CCc1ccc(N/C(=C/CC)CN)cc1. The number of allylic oxidation sites excluding steroid dienone is 2. The number of hydrogen-bond acceptors (Lipinski definition) is 2. The van der Waals surface area contributed by atoms with Crippen molar-refractivity contribution in [1.29, 1.82) is 0 Å². The fourth-order valence-corrected chi connectivity index (χ4v) is 1.79. The number of nitrogens with one attached hydrogen (secondary N) is 1. The van der Waals surface area contributed by atoms with Gasteiger partial charge in [-0.1, -0.05) is 31.7 Å². The van der Waals surface area contributed by atoms with Crippen LogP contribution in [0, 0.1) is 0 Å². The predicted molar refractivity (Wildman–Crippen MR) is 84.1 cm³/mol. The molecule has 0 aliphatic rings. The lowest BCUT2D eigenvalue weighted by atomic mass is 10.1. The summed E-state index contributed by atoms with van der Waals surface area (Å²) in [5.41, 5.74) is 13.3. The van der Waals surface area contributed by atoms with Crippen molar-refractivity contribution >= 4 is 5.69 Å². The summed E-state index contributed by atoms with van der Waals surface area (Å²) in [5, 5.41) is 3.34. The molecule has 0 saturated carbocycles. The number of anilines is 1. The van der Waals surface area contributed by atoms with Gasteiger partial charge in [0.2, 0.25) is 0 Å². The Labute approximate surface area is 116 Å². The van der Waals surface area contributed by atoms with Crippen LogP contribution in [0.5, 0.6) is 0 Å². The minimum absolute atomic E-state index is 0.541. The Morgan fingerprint density at radius 3 is 2.58 bits per heavy atom. The summed E-state index contributed by atoms with van der Waals surface area (Å²) in [6, 6.07) is 8.50. The molecule has 0 unspecified atom stereocenters. The van der Waals surface area contributed by atoms with E-state index >= 15 is 0 Å². The van der Waals surface area contributed by atoms with Gasteiger partial charge in [-0.05, 0) is 49.5 Å². The molecule has 0 heterocycles. The van der Waals surface area contributed by atoms with Crippen LogP contribution in [-0.2, 0) is 6.42 Å². The molecule has 0 aromatic heterocycles. The molecule has 0 atom stereocenters. The average molecular weight is 256 g/mol. The highest BCUT2D eigenvalue weighted by molar-refractivity contribution is 5.49. The molecule has 1 aromatic carbocycles. The summed E-state index contributed by atoms with van der Waals surface area (Å²) in [6.45, 7) is 8.37.